The Hall–Kier alpha value is -1.32. The van der Waals surface area contributed by atoms with Crippen LogP contribution in [0.25, 0.3) is 0 Å². The fourth-order valence-electron chi connectivity index (χ4n) is 1.60. The minimum Gasteiger partial charge on any atom is -0.275 e. The number of sulfonamides is 1. The van der Waals surface area contributed by atoms with Crippen molar-refractivity contribution < 1.29 is 17.2 Å². The third-order valence-electron chi connectivity index (χ3n) is 2.46. The van der Waals surface area contributed by atoms with Gasteiger partial charge in [0.05, 0.1) is 6.20 Å². The van der Waals surface area contributed by atoms with Crippen LogP contribution in [0, 0.1) is 11.6 Å². The molecule has 0 fully saturated rings. The third-order valence-corrected chi connectivity index (χ3v) is 4.82. The first kappa shape index (κ1) is 15.1. The van der Waals surface area contributed by atoms with Gasteiger partial charge in [0.1, 0.15) is 16.5 Å². The summed E-state index contributed by atoms with van der Waals surface area (Å²) in [6.45, 7) is -0.0422. The van der Waals surface area contributed by atoms with Gasteiger partial charge in [-0.3, -0.25) is 4.68 Å². The van der Waals surface area contributed by atoms with Gasteiger partial charge < -0.3 is 0 Å². The number of hydrogen-bond acceptors (Lipinski definition) is 3. The van der Waals surface area contributed by atoms with E-state index in [1.54, 1.807) is 13.2 Å². The van der Waals surface area contributed by atoms with Crippen LogP contribution in [0.3, 0.4) is 0 Å². The lowest BCUT2D eigenvalue weighted by atomic mass is 10.3. The van der Waals surface area contributed by atoms with E-state index in [-0.39, 0.29) is 11.0 Å². The summed E-state index contributed by atoms with van der Waals surface area (Å²) in [4.78, 5) is -0.622. The molecule has 1 N–H and O–H groups in total. The second-order valence-corrected chi connectivity index (χ2v) is 6.60. The first-order chi connectivity index (χ1) is 9.29. The number of halogens is 3. The molecule has 0 aliphatic heterocycles. The molecule has 0 saturated carbocycles. The molecule has 20 heavy (non-hydrogen) atoms. The number of aromatic nitrogens is 2. The van der Waals surface area contributed by atoms with Gasteiger partial charge in [0.25, 0.3) is 0 Å². The van der Waals surface area contributed by atoms with E-state index in [2.05, 4.69) is 25.8 Å². The summed E-state index contributed by atoms with van der Waals surface area (Å²) in [5, 5.41) is 3.89. The Labute approximate surface area is 122 Å². The zero-order valence-corrected chi connectivity index (χ0v) is 12.7. The van der Waals surface area contributed by atoms with E-state index < -0.39 is 26.6 Å². The molecule has 0 unspecified atom stereocenters. The lowest BCUT2D eigenvalue weighted by Gasteiger charge is -2.09. The number of nitrogens with one attached hydrogen (secondary N) is 1. The van der Waals surface area contributed by atoms with Gasteiger partial charge in [0.2, 0.25) is 10.0 Å². The van der Waals surface area contributed by atoms with Crippen LogP contribution >= 0.6 is 15.9 Å². The van der Waals surface area contributed by atoms with Gasteiger partial charge in [0.15, 0.2) is 0 Å². The van der Waals surface area contributed by atoms with Crippen LogP contribution in [0.1, 0.15) is 5.56 Å². The average Bonchev–Trinajstić information content (AvgIpc) is 2.71. The van der Waals surface area contributed by atoms with E-state index in [1.165, 1.54) is 10.9 Å². The normalized spacial score (nSPS) is 11.8. The highest BCUT2D eigenvalue weighted by Gasteiger charge is 2.23. The van der Waals surface area contributed by atoms with Crippen LogP contribution in [0.15, 0.2) is 33.9 Å². The monoisotopic (exact) mass is 365 g/mol. The molecule has 0 aliphatic rings. The van der Waals surface area contributed by atoms with Crippen molar-refractivity contribution in [3.8, 4) is 0 Å². The topological polar surface area (TPSA) is 64.0 Å². The van der Waals surface area contributed by atoms with Gasteiger partial charge in [-0.05, 0) is 22.0 Å². The molecular weight excluding hydrogens is 356 g/mol. The fraction of sp³-hybridized carbons (Fsp3) is 0.182. The smallest absolute Gasteiger partial charge is 0.244 e. The van der Waals surface area contributed by atoms with Gasteiger partial charge in [-0.15, -0.1) is 0 Å². The summed E-state index contributed by atoms with van der Waals surface area (Å²) in [5.41, 5.74) is 0.620. The van der Waals surface area contributed by atoms with E-state index in [4.69, 9.17) is 0 Å². The van der Waals surface area contributed by atoms with Crippen LogP contribution in [0.5, 0.6) is 0 Å². The number of rotatable bonds is 4. The Morgan fingerprint density at radius 1 is 1.40 bits per heavy atom. The van der Waals surface area contributed by atoms with Crippen molar-refractivity contribution in [3.05, 3.63) is 46.2 Å². The van der Waals surface area contributed by atoms with Gasteiger partial charge in [-0.1, -0.05) is 0 Å². The molecule has 5 nitrogen and oxygen atoms in total. The standard InChI is InChI=1S/C11H10BrF2N3O2S/c1-17-6-7(4-15-17)5-16-20(18,19)11-9(12)2-8(13)3-10(11)14/h2-4,6,16H,5H2,1H3. The largest absolute Gasteiger partial charge is 0.275 e. The van der Waals surface area contributed by atoms with Crippen LogP contribution < -0.4 is 4.72 Å². The quantitative estimate of drug-likeness (QED) is 0.900. The molecule has 0 aliphatic carbocycles. The van der Waals surface area contributed by atoms with Crippen LogP contribution in [0.4, 0.5) is 8.78 Å². The van der Waals surface area contributed by atoms with Crippen LogP contribution in [-0.4, -0.2) is 18.2 Å². The summed E-state index contributed by atoms with van der Waals surface area (Å²) in [6, 6.07) is 1.41. The van der Waals surface area contributed by atoms with Gasteiger partial charge >= 0.3 is 0 Å². The maximum absolute atomic E-state index is 13.6. The minimum absolute atomic E-state index is 0.0422. The SMILES string of the molecule is Cn1cc(CNS(=O)(=O)c2c(F)cc(F)cc2Br)cn1. The molecule has 1 heterocycles. The molecule has 1 aromatic heterocycles. The number of hydrogen-bond donors (Lipinski definition) is 1. The van der Waals surface area contributed by atoms with Crippen molar-refractivity contribution in [1.82, 2.24) is 14.5 Å². The molecule has 0 spiro atoms. The highest BCUT2D eigenvalue weighted by Crippen LogP contribution is 2.26. The second kappa shape index (κ2) is 5.58. The minimum atomic E-state index is -4.10. The van der Waals surface area contributed by atoms with Crippen LogP contribution in [0.2, 0.25) is 0 Å². The van der Waals surface area contributed by atoms with Crippen molar-refractivity contribution in [2.75, 3.05) is 0 Å². The maximum atomic E-state index is 13.6. The number of nitrogens with zero attached hydrogens (tertiary/aromatic N) is 2. The summed E-state index contributed by atoms with van der Waals surface area (Å²) < 4.78 is 54.2. The lowest BCUT2D eigenvalue weighted by Crippen LogP contribution is -2.24. The Kier molecular flexibility index (Phi) is 4.21. The van der Waals surface area contributed by atoms with E-state index in [0.29, 0.717) is 11.6 Å². The summed E-state index contributed by atoms with van der Waals surface area (Å²) in [6.07, 6.45) is 3.11. The predicted molar refractivity (Wildman–Crippen MR) is 71.3 cm³/mol. The lowest BCUT2D eigenvalue weighted by molar-refractivity contribution is 0.540. The molecule has 2 aromatic rings. The zero-order valence-electron chi connectivity index (χ0n) is 10.3. The van der Waals surface area contributed by atoms with E-state index in [1.807, 2.05) is 0 Å². The van der Waals surface area contributed by atoms with Crippen molar-refractivity contribution in [2.24, 2.45) is 7.05 Å². The molecule has 0 radical (unpaired) electrons. The van der Waals surface area contributed by atoms with Crippen LogP contribution in [-0.2, 0) is 23.6 Å². The molecule has 0 amide bonds. The van der Waals surface area contributed by atoms with Crippen molar-refractivity contribution in [3.63, 3.8) is 0 Å². The predicted octanol–water partition coefficient (Wildman–Crippen LogP) is 1.94. The van der Waals surface area contributed by atoms with Crippen molar-refractivity contribution in [2.45, 2.75) is 11.4 Å². The Balaban J connectivity index is 2.27. The molecule has 108 valence electrons. The van der Waals surface area contributed by atoms with E-state index in [9.17, 15) is 17.2 Å². The molecular formula is C11H10BrF2N3O2S. The van der Waals surface area contributed by atoms with Gasteiger partial charge in [-0.25, -0.2) is 21.9 Å². The Morgan fingerprint density at radius 2 is 2.10 bits per heavy atom. The molecule has 0 saturated heterocycles. The first-order valence-corrected chi connectivity index (χ1v) is 7.69. The first-order valence-electron chi connectivity index (χ1n) is 5.41. The van der Waals surface area contributed by atoms with Crippen molar-refractivity contribution >= 4 is 26.0 Å². The van der Waals surface area contributed by atoms with Gasteiger partial charge in [0, 0.05) is 35.9 Å². The number of aryl methyl sites for hydroxylation is 1. The second-order valence-electron chi connectivity index (χ2n) is 4.05. The van der Waals surface area contributed by atoms with Gasteiger partial charge in [-0.2, -0.15) is 5.10 Å². The third kappa shape index (κ3) is 3.22. The zero-order chi connectivity index (χ0) is 14.9. The summed E-state index contributed by atoms with van der Waals surface area (Å²) in [5.74, 6) is -2.02. The van der Waals surface area contributed by atoms with Crippen molar-refractivity contribution in [1.29, 1.82) is 0 Å². The molecule has 0 atom stereocenters. The summed E-state index contributed by atoms with van der Waals surface area (Å²) >= 11 is 2.85. The molecule has 1 aromatic carbocycles. The molecule has 2 rings (SSSR count). The summed E-state index contributed by atoms with van der Waals surface area (Å²) in [7, 11) is -2.41. The number of benzene rings is 1. The van der Waals surface area contributed by atoms with E-state index >= 15 is 0 Å². The Morgan fingerprint density at radius 3 is 2.65 bits per heavy atom. The maximum Gasteiger partial charge on any atom is 0.244 e. The molecule has 9 heteroatoms. The highest BCUT2D eigenvalue weighted by molar-refractivity contribution is 9.10. The highest BCUT2D eigenvalue weighted by atomic mass is 79.9. The fourth-order valence-corrected chi connectivity index (χ4v) is 3.78. The average molecular weight is 366 g/mol. The van der Waals surface area contributed by atoms with E-state index in [0.717, 1.165) is 6.07 Å². The Bertz CT molecular complexity index is 723. The molecule has 0 bridgehead atoms.